The van der Waals surface area contributed by atoms with Gasteiger partial charge in [0.1, 0.15) is 5.82 Å². The second-order valence-electron chi connectivity index (χ2n) is 6.78. The number of aryl methyl sites for hydroxylation is 1. The Labute approximate surface area is 172 Å². The van der Waals surface area contributed by atoms with Crippen LogP contribution >= 0.6 is 0 Å². The molecule has 0 unspecified atom stereocenters. The van der Waals surface area contributed by atoms with Crippen molar-refractivity contribution in [2.45, 2.75) is 26.2 Å². The number of amides is 1. The predicted octanol–water partition coefficient (Wildman–Crippen LogP) is 6.52. The summed E-state index contributed by atoms with van der Waals surface area (Å²) >= 11 is 0. The van der Waals surface area contributed by atoms with Crippen molar-refractivity contribution in [3.63, 3.8) is 0 Å². The zero-order chi connectivity index (χ0) is 23.1. The van der Waals surface area contributed by atoms with Crippen molar-refractivity contribution in [2.24, 2.45) is 0 Å². The highest BCUT2D eigenvalue weighted by atomic mass is 19.4. The summed E-state index contributed by atoms with van der Waals surface area (Å²) in [5.41, 5.74) is -2.70. The first-order valence-electron chi connectivity index (χ1n) is 8.84. The van der Waals surface area contributed by atoms with Gasteiger partial charge in [0.15, 0.2) is 0 Å². The largest absolute Gasteiger partial charge is 0.418 e. The minimum atomic E-state index is -4.75. The maximum absolute atomic E-state index is 14.0. The fourth-order valence-corrected chi connectivity index (χ4v) is 3.26. The van der Waals surface area contributed by atoms with E-state index in [2.05, 4.69) is 5.32 Å². The predicted molar refractivity (Wildman–Crippen MR) is 99.6 cm³/mol. The van der Waals surface area contributed by atoms with Gasteiger partial charge in [0, 0.05) is 11.4 Å². The van der Waals surface area contributed by atoms with Crippen LogP contribution in [0.4, 0.5) is 36.4 Å². The van der Waals surface area contributed by atoms with Gasteiger partial charge in [-0.25, -0.2) is 4.39 Å². The molecule has 0 radical (unpaired) electrons. The average Bonchev–Trinajstić information content (AvgIpc) is 2.96. The van der Waals surface area contributed by atoms with E-state index in [1.54, 1.807) is 0 Å². The molecule has 0 atom stereocenters. The lowest BCUT2D eigenvalue weighted by Gasteiger charge is -2.17. The number of benzene rings is 2. The van der Waals surface area contributed by atoms with Gasteiger partial charge in [0.25, 0.3) is 5.91 Å². The summed E-state index contributed by atoms with van der Waals surface area (Å²) < 4.78 is 94.0. The number of hydrogen-bond acceptors (Lipinski definition) is 1. The Balaban J connectivity index is 2.02. The molecular formula is C21H15F7N2O. The molecule has 0 saturated heterocycles. The van der Waals surface area contributed by atoms with Crippen LogP contribution < -0.4 is 5.32 Å². The molecule has 31 heavy (non-hydrogen) atoms. The van der Waals surface area contributed by atoms with E-state index in [9.17, 15) is 35.5 Å². The Kier molecular flexibility index (Phi) is 5.60. The van der Waals surface area contributed by atoms with E-state index in [0.29, 0.717) is 18.2 Å². The van der Waals surface area contributed by atoms with Gasteiger partial charge in [-0.3, -0.25) is 4.79 Å². The van der Waals surface area contributed by atoms with Crippen molar-refractivity contribution in [2.75, 3.05) is 5.32 Å². The summed E-state index contributed by atoms with van der Waals surface area (Å²) in [4.78, 5) is 12.6. The van der Waals surface area contributed by atoms with Crippen LogP contribution in [-0.2, 0) is 12.4 Å². The molecule has 2 aromatic carbocycles. The molecule has 3 nitrogen and oxygen atoms in total. The summed E-state index contributed by atoms with van der Waals surface area (Å²) in [6, 6.07) is 7.59. The highest BCUT2D eigenvalue weighted by Crippen LogP contribution is 2.36. The smallest absolute Gasteiger partial charge is 0.319 e. The van der Waals surface area contributed by atoms with Gasteiger partial charge in [0.2, 0.25) is 0 Å². The summed E-state index contributed by atoms with van der Waals surface area (Å²) in [5, 5.41) is 2.07. The standard InChI is InChI=1S/C21H15F7N2O/c1-11-9-14(12(2)30(11)18-6-4-3-5-15(18)21(26,27)28)19(31)29-17-10-13(20(23,24)25)7-8-16(17)22/h3-10H,1-2H3,(H,29,31). The quantitative estimate of drug-likeness (QED) is 0.459. The van der Waals surface area contributed by atoms with E-state index in [1.807, 2.05) is 0 Å². The lowest BCUT2D eigenvalue weighted by molar-refractivity contribution is -0.138. The normalized spacial score (nSPS) is 12.2. The highest BCUT2D eigenvalue weighted by molar-refractivity contribution is 6.05. The van der Waals surface area contributed by atoms with E-state index < -0.39 is 40.9 Å². The number of para-hydroxylation sites is 1. The SMILES string of the molecule is Cc1cc(C(=O)Nc2cc(C(F)(F)F)ccc2F)c(C)n1-c1ccccc1C(F)(F)F. The first-order valence-corrected chi connectivity index (χ1v) is 8.84. The third-order valence-electron chi connectivity index (χ3n) is 4.67. The number of carbonyl (C=O) groups is 1. The van der Waals surface area contributed by atoms with Crippen molar-refractivity contribution in [1.82, 2.24) is 4.57 Å². The average molecular weight is 444 g/mol. The Morgan fingerprint density at radius 1 is 0.903 bits per heavy atom. The maximum Gasteiger partial charge on any atom is 0.418 e. The van der Waals surface area contributed by atoms with Crippen LogP contribution in [0.25, 0.3) is 5.69 Å². The van der Waals surface area contributed by atoms with Gasteiger partial charge in [-0.15, -0.1) is 0 Å². The molecule has 1 N–H and O–H groups in total. The fraction of sp³-hybridized carbons (Fsp3) is 0.190. The molecule has 0 saturated carbocycles. The summed E-state index contributed by atoms with van der Waals surface area (Å²) in [6.07, 6.45) is -9.40. The first kappa shape index (κ1) is 22.4. The molecular weight excluding hydrogens is 429 g/mol. The summed E-state index contributed by atoms with van der Waals surface area (Å²) in [7, 11) is 0. The number of rotatable bonds is 3. The Bertz CT molecular complexity index is 1140. The topological polar surface area (TPSA) is 34.0 Å². The molecule has 0 fully saturated rings. The van der Waals surface area contributed by atoms with E-state index in [-0.39, 0.29) is 22.6 Å². The zero-order valence-electron chi connectivity index (χ0n) is 16.1. The number of anilines is 1. The molecule has 1 aromatic heterocycles. The van der Waals surface area contributed by atoms with E-state index in [0.717, 1.165) is 6.07 Å². The molecule has 0 aliphatic carbocycles. The monoisotopic (exact) mass is 444 g/mol. The van der Waals surface area contributed by atoms with Gasteiger partial charge in [-0.1, -0.05) is 12.1 Å². The van der Waals surface area contributed by atoms with E-state index in [1.165, 1.54) is 42.7 Å². The number of alkyl halides is 6. The van der Waals surface area contributed by atoms with Crippen LogP contribution in [0.2, 0.25) is 0 Å². The van der Waals surface area contributed by atoms with Crippen LogP contribution in [-0.4, -0.2) is 10.5 Å². The molecule has 164 valence electrons. The molecule has 1 heterocycles. The molecule has 0 bridgehead atoms. The van der Waals surface area contributed by atoms with E-state index in [4.69, 9.17) is 0 Å². The number of halogens is 7. The minimum absolute atomic E-state index is 0.105. The number of aromatic nitrogens is 1. The van der Waals surface area contributed by atoms with Crippen LogP contribution in [0, 0.1) is 19.7 Å². The Morgan fingerprint density at radius 3 is 2.16 bits per heavy atom. The van der Waals surface area contributed by atoms with Gasteiger partial charge in [-0.05, 0) is 50.2 Å². The molecule has 3 aromatic rings. The summed E-state index contributed by atoms with van der Waals surface area (Å²) in [6.45, 7) is 2.86. The molecule has 0 aliphatic heterocycles. The van der Waals surface area contributed by atoms with Crippen molar-refractivity contribution in [3.8, 4) is 5.69 Å². The highest BCUT2D eigenvalue weighted by Gasteiger charge is 2.35. The third-order valence-corrected chi connectivity index (χ3v) is 4.67. The summed E-state index contributed by atoms with van der Waals surface area (Å²) in [5.74, 6) is -2.04. The Morgan fingerprint density at radius 2 is 1.55 bits per heavy atom. The van der Waals surface area contributed by atoms with E-state index >= 15 is 0 Å². The number of carbonyl (C=O) groups excluding carboxylic acids is 1. The van der Waals surface area contributed by atoms with Crippen LogP contribution in [0.3, 0.4) is 0 Å². The fourth-order valence-electron chi connectivity index (χ4n) is 3.26. The zero-order valence-corrected chi connectivity index (χ0v) is 16.1. The second-order valence-corrected chi connectivity index (χ2v) is 6.78. The van der Waals surface area contributed by atoms with Crippen molar-refractivity contribution < 1.29 is 35.5 Å². The van der Waals surface area contributed by atoms with Gasteiger partial charge >= 0.3 is 12.4 Å². The second kappa shape index (κ2) is 7.75. The van der Waals surface area contributed by atoms with Crippen LogP contribution in [0.1, 0.15) is 32.9 Å². The van der Waals surface area contributed by atoms with Crippen LogP contribution in [0.5, 0.6) is 0 Å². The van der Waals surface area contributed by atoms with Crippen molar-refractivity contribution in [1.29, 1.82) is 0 Å². The molecule has 3 rings (SSSR count). The van der Waals surface area contributed by atoms with Crippen molar-refractivity contribution >= 4 is 11.6 Å². The lowest BCUT2D eigenvalue weighted by atomic mass is 10.1. The number of hydrogen-bond donors (Lipinski definition) is 1. The first-order chi connectivity index (χ1) is 14.3. The molecule has 10 heteroatoms. The molecule has 0 aliphatic rings. The lowest BCUT2D eigenvalue weighted by Crippen LogP contribution is -2.16. The minimum Gasteiger partial charge on any atom is -0.319 e. The number of nitrogens with zero attached hydrogens (tertiary/aromatic N) is 1. The van der Waals surface area contributed by atoms with Crippen LogP contribution in [0.15, 0.2) is 48.5 Å². The number of nitrogens with one attached hydrogen (secondary N) is 1. The Hall–Kier alpha value is -3.30. The van der Waals surface area contributed by atoms with Gasteiger partial charge < -0.3 is 9.88 Å². The molecule has 0 spiro atoms. The van der Waals surface area contributed by atoms with Crippen molar-refractivity contribution in [3.05, 3.63) is 82.4 Å². The maximum atomic E-state index is 14.0. The van der Waals surface area contributed by atoms with Gasteiger partial charge in [0.05, 0.1) is 28.1 Å². The molecule has 1 amide bonds. The van der Waals surface area contributed by atoms with Gasteiger partial charge in [-0.2, -0.15) is 26.3 Å². The third kappa shape index (κ3) is 4.42.